The fourth-order valence-electron chi connectivity index (χ4n) is 2.44. The summed E-state index contributed by atoms with van der Waals surface area (Å²) < 4.78 is 0. The number of pyridine rings is 1. The number of hydrogen-bond acceptors (Lipinski definition) is 3. The highest BCUT2D eigenvalue weighted by molar-refractivity contribution is 5.86. The van der Waals surface area contributed by atoms with Gasteiger partial charge in [0.15, 0.2) is 0 Å². The Morgan fingerprint density at radius 3 is 2.61 bits per heavy atom. The maximum Gasteiger partial charge on any atom is 0.240 e. The number of nitrogens with zero attached hydrogens (tertiary/aromatic N) is 2. The second-order valence-electron chi connectivity index (χ2n) is 4.88. The summed E-state index contributed by atoms with van der Waals surface area (Å²) in [6.45, 7) is 1.92. The molecule has 1 aromatic heterocycles. The molecule has 1 atom stereocenters. The Hall–Kier alpha value is -1.89. The molecule has 0 spiro atoms. The quantitative estimate of drug-likeness (QED) is 0.886. The SMILES string of the molecule is CC(NC(=O)C1(C#N)CCCC1)c1ccncc1. The minimum absolute atomic E-state index is 0.0914. The molecule has 2 rings (SSSR count). The van der Waals surface area contributed by atoms with E-state index in [1.54, 1.807) is 12.4 Å². The van der Waals surface area contributed by atoms with Crippen LogP contribution >= 0.6 is 0 Å². The van der Waals surface area contributed by atoms with Crippen LogP contribution in [0.1, 0.15) is 44.2 Å². The first kappa shape index (κ1) is 12.6. The van der Waals surface area contributed by atoms with Gasteiger partial charge in [-0.25, -0.2) is 0 Å². The van der Waals surface area contributed by atoms with E-state index in [1.807, 2.05) is 19.1 Å². The number of rotatable bonds is 3. The Labute approximate surface area is 107 Å². The molecule has 1 aliphatic rings. The third-order valence-corrected chi connectivity index (χ3v) is 3.66. The lowest BCUT2D eigenvalue weighted by Gasteiger charge is -2.22. The topological polar surface area (TPSA) is 65.8 Å². The van der Waals surface area contributed by atoms with Crippen LogP contribution in [0.25, 0.3) is 0 Å². The lowest BCUT2D eigenvalue weighted by Crippen LogP contribution is -2.39. The average molecular weight is 243 g/mol. The van der Waals surface area contributed by atoms with Gasteiger partial charge in [0.05, 0.1) is 12.1 Å². The molecule has 94 valence electrons. The van der Waals surface area contributed by atoms with Crippen LogP contribution in [0.3, 0.4) is 0 Å². The van der Waals surface area contributed by atoms with E-state index in [1.165, 1.54) is 0 Å². The van der Waals surface area contributed by atoms with Crippen molar-refractivity contribution < 1.29 is 4.79 Å². The molecule has 1 saturated carbocycles. The van der Waals surface area contributed by atoms with Crippen LogP contribution in [0, 0.1) is 16.7 Å². The summed E-state index contributed by atoms with van der Waals surface area (Å²) in [5, 5.41) is 12.2. The minimum Gasteiger partial charge on any atom is -0.348 e. The number of aromatic nitrogens is 1. The smallest absolute Gasteiger partial charge is 0.240 e. The number of nitriles is 1. The molecule has 1 heterocycles. The van der Waals surface area contributed by atoms with E-state index >= 15 is 0 Å². The minimum atomic E-state index is -0.804. The second-order valence-corrected chi connectivity index (χ2v) is 4.88. The van der Waals surface area contributed by atoms with Crippen LogP contribution in [-0.4, -0.2) is 10.9 Å². The Morgan fingerprint density at radius 2 is 2.06 bits per heavy atom. The standard InChI is InChI=1S/C14H17N3O/c1-11(12-4-8-16-9-5-12)17-13(18)14(10-15)6-2-3-7-14/h4-5,8-9,11H,2-3,6-7H2,1H3,(H,17,18). The van der Waals surface area contributed by atoms with Crippen LogP contribution in [-0.2, 0) is 4.79 Å². The van der Waals surface area contributed by atoms with Crippen molar-refractivity contribution in [3.05, 3.63) is 30.1 Å². The van der Waals surface area contributed by atoms with Gasteiger partial charge in [-0.05, 0) is 37.5 Å². The highest BCUT2D eigenvalue weighted by atomic mass is 16.2. The Kier molecular flexibility index (Phi) is 3.61. The number of amides is 1. The van der Waals surface area contributed by atoms with Crippen molar-refractivity contribution in [3.8, 4) is 6.07 Å². The fraction of sp³-hybridized carbons (Fsp3) is 0.500. The van der Waals surface area contributed by atoms with Crippen molar-refractivity contribution in [3.63, 3.8) is 0 Å². The monoisotopic (exact) mass is 243 g/mol. The van der Waals surface area contributed by atoms with Gasteiger partial charge in [-0.15, -0.1) is 0 Å². The molecule has 18 heavy (non-hydrogen) atoms. The van der Waals surface area contributed by atoms with Crippen LogP contribution in [0.2, 0.25) is 0 Å². The van der Waals surface area contributed by atoms with Crippen LogP contribution in [0.15, 0.2) is 24.5 Å². The van der Waals surface area contributed by atoms with Crippen molar-refractivity contribution in [1.29, 1.82) is 5.26 Å². The summed E-state index contributed by atoms with van der Waals surface area (Å²) in [6, 6.07) is 5.87. The molecular formula is C14H17N3O. The first-order chi connectivity index (χ1) is 8.68. The lowest BCUT2D eigenvalue weighted by molar-refractivity contribution is -0.128. The predicted molar refractivity (Wildman–Crippen MR) is 67.3 cm³/mol. The molecule has 0 aromatic carbocycles. The van der Waals surface area contributed by atoms with Crippen LogP contribution in [0.4, 0.5) is 0 Å². The molecule has 1 fully saturated rings. The van der Waals surface area contributed by atoms with Gasteiger partial charge < -0.3 is 5.32 Å². The molecule has 0 bridgehead atoms. The third-order valence-electron chi connectivity index (χ3n) is 3.66. The Balaban J connectivity index is 2.06. The van der Waals surface area contributed by atoms with Gasteiger partial charge in [0, 0.05) is 12.4 Å². The van der Waals surface area contributed by atoms with Crippen molar-refractivity contribution in [2.24, 2.45) is 5.41 Å². The highest BCUT2D eigenvalue weighted by Crippen LogP contribution is 2.38. The van der Waals surface area contributed by atoms with E-state index in [0.717, 1.165) is 18.4 Å². The van der Waals surface area contributed by atoms with Crippen LogP contribution in [0.5, 0.6) is 0 Å². The number of carbonyl (C=O) groups is 1. The predicted octanol–water partition coefficient (Wildman–Crippen LogP) is 2.34. The summed E-state index contributed by atoms with van der Waals surface area (Å²) in [4.78, 5) is 16.2. The molecule has 1 N–H and O–H groups in total. The summed E-state index contributed by atoms with van der Waals surface area (Å²) in [7, 11) is 0. The molecule has 1 aromatic rings. The lowest BCUT2D eigenvalue weighted by atomic mass is 9.86. The van der Waals surface area contributed by atoms with E-state index in [9.17, 15) is 10.1 Å². The summed E-state index contributed by atoms with van der Waals surface area (Å²) >= 11 is 0. The second kappa shape index (κ2) is 5.18. The molecule has 0 radical (unpaired) electrons. The molecule has 1 amide bonds. The van der Waals surface area contributed by atoms with E-state index in [-0.39, 0.29) is 11.9 Å². The van der Waals surface area contributed by atoms with Gasteiger partial charge in [0.2, 0.25) is 5.91 Å². The summed E-state index contributed by atoms with van der Waals surface area (Å²) in [5.74, 6) is -0.133. The van der Waals surface area contributed by atoms with Gasteiger partial charge in [-0.3, -0.25) is 9.78 Å². The van der Waals surface area contributed by atoms with Crippen molar-refractivity contribution in [2.45, 2.75) is 38.6 Å². The van der Waals surface area contributed by atoms with Crippen LogP contribution < -0.4 is 5.32 Å². The zero-order chi connectivity index (χ0) is 13.0. The first-order valence-corrected chi connectivity index (χ1v) is 6.30. The summed E-state index contributed by atoms with van der Waals surface area (Å²) in [6.07, 6.45) is 6.69. The molecule has 4 heteroatoms. The van der Waals surface area contributed by atoms with Gasteiger partial charge in [-0.2, -0.15) is 5.26 Å². The zero-order valence-corrected chi connectivity index (χ0v) is 10.5. The summed E-state index contributed by atoms with van der Waals surface area (Å²) in [5.41, 5.74) is 0.200. The molecule has 4 nitrogen and oxygen atoms in total. The largest absolute Gasteiger partial charge is 0.348 e. The maximum atomic E-state index is 12.2. The molecular weight excluding hydrogens is 226 g/mol. The Morgan fingerprint density at radius 1 is 1.44 bits per heavy atom. The molecule has 1 unspecified atom stereocenters. The highest BCUT2D eigenvalue weighted by Gasteiger charge is 2.41. The van der Waals surface area contributed by atoms with Gasteiger partial charge >= 0.3 is 0 Å². The van der Waals surface area contributed by atoms with E-state index in [0.29, 0.717) is 12.8 Å². The average Bonchev–Trinajstić information content (AvgIpc) is 2.89. The number of carbonyl (C=O) groups excluding carboxylic acids is 1. The van der Waals surface area contributed by atoms with Crippen molar-refractivity contribution in [1.82, 2.24) is 10.3 Å². The van der Waals surface area contributed by atoms with Crippen molar-refractivity contribution >= 4 is 5.91 Å². The van der Waals surface area contributed by atoms with E-state index in [2.05, 4.69) is 16.4 Å². The molecule has 0 aliphatic heterocycles. The van der Waals surface area contributed by atoms with Gasteiger partial charge in [0.1, 0.15) is 5.41 Å². The molecule has 1 aliphatic carbocycles. The number of nitrogens with one attached hydrogen (secondary N) is 1. The van der Waals surface area contributed by atoms with Gasteiger partial charge in [-0.1, -0.05) is 12.8 Å². The third kappa shape index (κ3) is 2.35. The maximum absolute atomic E-state index is 12.2. The molecule has 0 saturated heterocycles. The Bertz CT molecular complexity index is 458. The van der Waals surface area contributed by atoms with Crippen molar-refractivity contribution in [2.75, 3.05) is 0 Å². The van der Waals surface area contributed by atoms with Gasteiger partial charge in [0.25, 0.3) is 0 Å². The first-order valence-electron chi connectivity index (χ1n) is 6.30. The van der Waals surface area contributed by atoms with E-state index in [4.69, 9.17) is 0 Å². The zero-order valence-electron chi connectivity index (χ0n) is 10.5. The van der Waals surface area contributed by atoms with E-state index < -0.39 is 5.41 Å². The number of hydrogen-bond donors (Lipinski definition) is 1. The normalized spacial score (nSPS) is 18.9. The fourth-order valence-corrected chi connectivity index (χ4v) is 2.44.